The summed E-state index contributed by atoms with van der Waals surface area (Å²) in [5.74, 6) is -1.11. The van der Waals surface area contributed by atoms with Gasteiger partial charge in [0.1, 0.15) is 11.6 Å². The Balaban J connectivity index is 2.74. The predicted molar refractivity (Wildman–Crippen MR) is 52.8 cm³/mol. The van der Waals surface area contributed by atoms with Gasteiger partial charge in [-0.3, -0.25) is 0 Å². The van der Waals surface area contributed by atoms with E-state index in [-0.39, 0.29) is 6.04 Å². The van der Waals surface area contributed by atoms with Crippen LogP contribution >= 0.6 is 0 Å². The van der Waals surface area contributed by atoms with Crippen molar-refractivity contribution in [1.82, 2.24) is 0 Å². The van der Waals surface area contributed by atoms with Crippen LogP contribution in [-0.4, -0.2) is 0 Å². The quantitative estimate of drug-likeness (QED) is 0.792. The van der Waals surface area contributed by atoms with Crippen LogP contribution < -0.4 is 5.73 Å². The number of hydrogen-bond donors (Lipinski definition) is 1. The monoisotopic (exact) mass is 199 g/mol. The van der Waals surface area contributed by atoms with Gasteiger partial charge in [-0.1, -0.05) is 25.8 Å². The summed E-state index contributed by atoms with van der Waals surface area (Å²) in [5, 5.41) is 0. The standard InChI is InChI=1S/C11H15F2N/c1-2-3-4-11(14)9-6-5-8(12)7-10(9)13/h5-7,11H,2-4,14H2,1H3. The van der Waals surface area contributed by atoms with Crippen molar-refractivity contribution in [1.29, 1.82) is 0 Å². The summed E-state index contributed by atoms with van der Waals surface area (Å²) in [4.78, 5) is 0. The zero-order valence-electron chi connectivity index (χ0n) is 8.26. The van der Waals surface area contributed by atoms with Crippen molar-refractivity contribution in [3.05, 3.63) is 35.4 Å². The summed E-state index contributed by atoms with van der Waals surface area (Å²) in [6.07, 6.45) is 2.72. The van der Waals surface area contributed by atoms with Crippen LogP contribution in [0.1, 0.15) is 37.8 Å². The molecule has 1 nitrogen and oxygen atoms in total. The molecule has 0 heterocycles. The van der Waals surface area contributed by atoms with Crippen molar-refractivity contribution < 1.29 is 8.78 Å². The minimum atomic E-state index is -0.561. The number of rotatable bonds is 4. The third kappa shape index (κ3) is 2.77. The zero-order chi connectivity index (χ0) is 10.6. The molecule has 0 saturated heterocycles. The number of unbranched alkanes of at least 4 members (excludes halogenated alkanes) is 1. The number of halogens is 2. The molecule has 1 atom stereocenters. The van der Waals surface area contributed by atoms with E-state index in [1.807, 2.05) is 6.92 Å². The Hall–Kier alpha value is -0.960. The second-order valence-electron chi connectivity index (χ2n) is 3.41. The maximum absolute atomic E-state index is 13.2. The maximum Gasteiger partial charge on any atom is 0.130 e. The lowest BCUT2D eigenvalue weighted by molar-refractivity contribution is 0.533. The first-order chi connectivity index (χ1) is 6.65. The molecule has 0 aliphatic rings. The average molecular weight is 199 g/mol. The van der Waals surface area contributed by atoms with Gasteiger partial charge in [-0.25, -0.2) is 8.78 Å². The van der Waals surface area contributed by atoms with Gasteiger partial charge in [0.05, 0.1) is 0 Å². The first kappa shape index (κ1) is 11.1. The van der Waals surface area contributed by atoms with E-state index >= 15 is 0 Å². The Kier molecular flexibility index (Phi) is 4.01. The molecule has 0 aliphatic heterocycles. The summed E-state index contributed by atoms with van der Waals surface area (Å²) in [6.45, 7) is 2.05. The normalized spacial score (nSPS) is 12.9. The number of nitrogens with two attached hydrogens (primary N) is 1. The second-order valence-corrected chi connectivity index (χ2v) is 3.41. The second kappa shape index (κ2) is 5.05. The minimum Gasteiger partial charge on any atom is -0.324 e. The summed E-state index contributed by atoms with van der Waals surface area (Å²) in [5.41, 5.74) is 6.17. The van der Waals surface area contributed by atoms with Crippen LogP contribution in [-0.2, 0) is 0 Å². The van der Waals surface area contributed by atoms with Crippen LogP contribution in [0.25, 0.3) is 0 Å². The Morgan fingerprint density at radius 1 is 1.36 bits per heavy atom. The highest BCUT2D eigenvalue weighted by Crippen LogP contribution is 2.20. The van der Waals surface area contributed by atoms with Crippen LogP contribution in [0.5, 0.6) is 0 Å². The van der Waals surface area contributed by atoms with E-state index in [1.165, 1.54) is 12.1 Å². The molecule has 0 spiro atoms. The SMILES string of the molecule is CCCCC(N)c1ccc(F)cc1F. The summed E-state index contributed by atoms with van der Waals surface area (Å²) >= 11 is 0. The van der Waals surface area contributed by atoms with Gasteiger partial charge in [-0.2, -0.15) is 0 Å². The highest BCUT2D eigenvalue weighted by molar-refractivity contribution is 5.21. The number of hydrogen-bond acceptors (Lipinski definition) is 1. The third-order valence-electron chi connectivity index (χ3n) is 2.23. The highest BCUT2D eigenvalue weighted by Gasteiger charge is 2.11. The van der Waals surface area contributed by atoms with Crippen molar-refractivity contribution in [3.8, 4) is 0 Å². The van der Waals surface area contributed by atoms with Gasteiger partial charge in [-0.15, -0.1) is 0 Å². The Morgan fingerprint density at radius 2 is 2.07 bits per heavy atom. The molecule has 0 aliphatic carbocycles. The molecule has 1 aromatic carbocycles. The van der Waals surface area contributed by atoms with E-state index in [1.54, 1.807) is 0 Å². The van der Waals surface area contributed by atoms with Gasteiger partial charge in [0.15, 0.2) is 0 Å². The molecule has 2 N–H and O–H groups in total. The van der Waals surface area contributed by atoms with Gasteiger partial charge in [0.25, 0.3) is 0 Å². The molecule has 1 unspecified atom stereocenters. The lowest BCUT2D eigenvalue weighted by Crippen LogP contribution is -2.12. The molecule has 14 heavy (non-hydrogen) atoms. The van der Waals surface area contributed by atoms with E-state index < -0.39 is 11.6 Å². The lowest BCUT2D eigenvalue weighted by atomic mass is 10.0. The topological polar surface area (TPSA) is 26.0 Å². The van der Waals surface area contributed by atoms with Gasteiger partial charge in [0.2, 0.25) is 0 Å². The van der Waals surface area contributed by atoms with Crippen molar-refractivity contribution >= 4 is 0 Å². The van der Waals surface area contributed by atoms with E-state index in [0.717, 1.165) is 25.3 Å². The molecule has 78 valence electrons. The molecule has 0 saturated carbocycles. The van der Waals surface area contributed by atoms with Gasteiger partial charge < -0.3 is 5.73 Å². The summed E-state index contributed by atoms with van der Waals surface area (Å²) in [6, 6.07) is 3.21. The molecule has 0 fully saturated rings. The highest BCUT2D eigenvalue weighted by atomic mass is 19.1. The van der Waals surface area contributed by atoms with E-state index in [9.17, 15) is 8.78 Å². The molecular formula is C11H15F2N. The first-order valence-electron chi connectivity index (χ1n) is 4.85. The zero-order valence-corrected chi connectivity index (χ0v) is 8.26. The average Bonchev–Trinajstić information content (AvgIpc) is 2.14. The van der Waals surface area contributed by atoms with Crippen molar-refractivity contribution in [2.75, 3.05) is 0 Å². The lowest BCUT2D eigenvalue weighted by Gasteiger charge is -2.12. The molecule has 1 aromatic rings. The third-order valence-corrected chi connectivity index (χ3v) is 2.23. The first-order valence-corrected chi connectivity index (χ1v) is 4.85. The van der Waals surface area contributed by atoms with Crippen molar-refractivity contribution in [2.24, 2.45) is 5.73 Å². The van der Waals surface area contributed by atoms with Crippen molar-refractivity contribution in [2.45, 2.75) is 32.2 Å². The van der Waals surface area contributed by atoms with Crippen LogP contribution in [0.15, 0.2) is 18.2 Å². The Morgan fingerprint density at radius 3 is 2.64 bits per heavy atom. The van der Waals surface area contributed by atoms with Gasteiger partial charge in [-0.05, 0) is 12.5 Å². The van der Waals surface area contributed by atoms with Crippen LogP contribution in [0.3, 0.4) is 0 Å². The van der Waals surface area contributed by atoms with Crippen LogP contribution in [0.2, 0.25) is 0 Å². The molecule has 0 amide bonds. The van der Waals surface area contributed by atoms with Gasteiger partial charge >= 0.3 is 0 Å². The molecule has 0 aromatic heterocycles. The van der Waals surface area contributed by atoms with Gasteiger partial charge in [0, 0.05) is 17.7 Å². The van der Waals surface area contributed by atoms with Crippen LogP contribution in [0.4, 0.5) is 8.78 Å². The maximum atomic E-state index is 13.2. The number of benzene rings is 1. The Bertz CT molecular complexity index is 299. The molecule has 0 radical (unpaired) electrons. The smallest absolute Gasteiger partial charge is 0.130 e. The fraction of sp³-hybridized carbons (Fsp3) is 0.455. The molecule has 1 rings (SSSR count). The molecule has 3 heteroatoms. The Labute approximate surface area is 82.9 Å². The summed E-state index contributed by atoms with van der Waals surface area (Å²) < 4.78 is 25.8. The van der Waals surface area contributed by atoms with E-state index in [2.05, 4.69) is 0 Å². The van der Waals surface area contributed by atoms with Crippen LogP contribution in [0, 0.1) is 11.6 Å². The van der Waals surface area contributed by atoms with E-state index in [0.29, 0.717) is 5.56 Å². The predicted octanol–water partition coefficient (Wildman–Crippen LogP) is 3.15. The molecule has 0 bridgehead atoms. The van der Waals surface area contributed by atoms with Crippen molar-refractivity contribution in [3.63, 3.8) is 0 Å². The van der Waals surface area contributed by atoms with E-state index in [4.69, 9.17) is 5.73 Å². The summed E-state index contributed by atoms with van der Waals surface area (Å²) in [7, 11) is 0. The molecular weight excluding hydrogens is 184 g/mol. The fourth-order valence-corrected chi connectivity index (χ4v) is 1.38. The largest absolute Gasteiger partial charge is 0.324 e. The minimum absolute atomic E-state index is 0.324. The fourth-order valence-electron chi connectivity index (χ4n) is 1.38.